The van der Waals surface area contributed by atoms with E-state index in [1.807, 2.05) is 25.3 Å². The molecule has 0 radical (unpaired) electrons. The van der Waals surface area contributed by atoms with Crippen molar-refractivity contribution in [2.45, 2.75) is 13.5 Å². The highest BCUT2D eigenvalue weighted by Crippen LogP contribution is 2.24. The maximum Gasteiger partial charge on any atom is 0.151 e. The van der Waals surface area contributed by atoms with Crippen molar-refractivity contribution in [3.05, 3.63) is 35.0 Å². The zero-order chi connectivity index (χ0) is 10.8. The van der Waals surface area contributed by atoms with E-state index in [1.165, 1.54) is 0 Å². The monoisotopic (exact) mass is 203 g/mol. The van der Waals surface area contributed by atoms with Crippen molar-refractivity contribution in [2.24, 2.45) is 0 Å². The third-order valence-corrected chi connectivity index (χ3v) is 2.59. The van der Waals surface area contributed by atoms with Gasteiger partial charge in [-0.2, -0.15) is 0 Å². The summed E-state index contributed by atoms with van der Waals surface area (Å²) in [6.45, 7) is 2.49. The molecule has 0 amide bonds. The minimum Gasteiger partial charge on any atom is -0.380 e. The molecule has 3 heteroatoms. The maximum atomic E-state index is 11.1. The summed E-state index contributed by atoms with van der Waals surface area (Å²) in [5.74, 6) is 0. The largest absolute Gasteiger partial charge is 0.380 e. The van der Waals surface area contributed by atoms with E-state index in [0.717, 1.165) is 33.9 Å². The number of aryl methyl sites for hydroxylation is 1. The number of aldehydes is 1. The van der Waals surface area contributed by atoms with Crippen molar-refractivity contribution in [2.75, 3.05) is 7.11 Å². The van der Waals surface area contributed by atoms with Crippen LogP contribution in [0.15, 0.2) is 18.3 Å². The third kappa shape index (κ3) is 1.55. The lowest BCUT2D eigenvalue weighted by atomic mass is 10.0. The fraction of sp³-hybridized carbons (Fsp3) is 0.250. The number of rotatable bonds is 3. The number of H-pyrrole nitrogens is 1. The molecule has 0 aliphatic heterocycles. The molecule has 0 atom stereocenters. The smallest absolute Gasteiger partial charge is 0.151 e. The number of hydrogen-bond acceptors (Lipinski definition) is 2. The van der Waals surface area contributed by atoms with Crippen molar-refractivity contribution in [1.82, 2.24) is 4.98 Å². The summed E-state index contributed by atoms with van der Waals surface area (Å²) in [4.78, 5) is 14.2. The Bertz CT molecular complexity index is 500. The Kier molecular flexibility index (Phi) is 2.56. The van der Waals surface area contributed by atoms with E-state index in [1.54, 1.807) is 7.11 Å². The molecule has 0 spiro atoms. The molecular weight excluding hydrogens is 190 g/mol. The summed E-state index contributed by atoms with van der Waals surface area (Å²) in [5.41, 5.74) is 3.82. The quantitative estimate of drug-likeness (QED) is 0.778. The Labute approximate surface area is 88.1 Å². The molecule has 2 aromatic rings. The number of aromatic amines is 1. The third-order valence-electron chi connectivity index (χ3n) is 2.59. The van der Waals surface area contributed by atoms with Gasteiger partial charge in [-0.05, 0) is 24.1 Å². The summed E-state index contributed by atoms with van der Waals surface area (Å²) in [7, 11) is 1.63. The number of carbonyl (C=O) groups is 1. The first-order chi connectivity index (χ1) is 7.27. The Hall–Kier alpha value is -1.61. The van der Waals surface area contributed by atoms with Gasteiger partial charge in [0.05, 0.1) is 6.61 Å². The van der Waals surface area contributed by atoms with Gasteiger partial charge in [-0.25, -0.2) is 0 Å². The lowest BCUT2D eigenvalue weighted by molar-refractivity contribution is 0.112. The summed E-state index contributed by atoms with van der Waals surface area (Å²) in [6.07, 6.45) is 2.74. The highest BCUT2D eigenvalue weighted by molar-refractivity contribution is 5.99. The van der Waals surface area contributed by atoms with Crippen LogP contribution >= 0.6 is 0 Å². The molecular formula is C12H13NO2. The molecule has 1 heterocycles. The highest BCUT2D eigenvalue weighted by atomic mass is 16.5. The van der Waals surface area contributed by atoms with Crippen LogP contribution in [0.5, 0.6) is 0 Å². The zero-order valence-corrected chi connectivity index (χ0v) is 8.83. The van der Waals surface area contributed by atoms with Crippen molar-refractivity contribution in [3.63, 3.8) is 0 Å². The van der Waals surface area contributed by atoms with E-state index in [0.29, 0.717) is 6.61 Å². The zero-order valence-electron chi connectivity index (χ0n) is 8.83. The molecule has 0 aliphatic rings. The van der Waals surface area contributed by atoms with Crippen LogP contribution in [0, 0.1) is 6.92 Å². The average Bonchev–Trinajstić information content (AvgIpc) is 2.68. The van der Waals surface area contributed by atoms with E-state index in [4.69, 9.17) is 4.74 Å². The van der Waals surface area contributed by atoms with Crippen molar-refractivity contribution in [3.8, 4) is 0 Å². The molecule has 0 fully saturated rings. The molecule has 1 N–H and O–H groups in total. The lowest BCUT2D eigenvalue weighted by Crippen LogP contribution is -1.97. The van der Waals surface area contributed by atoms with Gasteiger partial charge in [0, 0.05) is 29.8 Å². The molecule has 15 heavy (non-hydrogen) atoms. The van der Waals surface area contributed by atoms with Crippen molar-refractivity contribution >= 4 is 17.2 Å². The van der Waals surface area contributed by atoms with E-state index < -0.39 is 0 Å². The number of fused-ring (bicyclic) bond motifs is 1. The Morgan fingerprint density at radius 1 is 1.53 bits per heavy atom. The minimum absolute atomic E-state index is 0.468. The van der Waals surface area contributed by atoms with Gasteiger partial charge in [0.2, 0.25) is 0 Å². The summed E-state index contributed by atoms with van der Waals surface area (Å²) in [5, 5.41) is 0.969. The van der Waals surface area contributed by atoms with Gasteiger partial charge in [0.15, 0.2) is 6.29 Å². The number of methoxy groups -OCH3 is 1. The van der Waals surface area contributed by atoms with E-state index >= 15 is 0 Å². The normalized spacial score (nSPS) is 10.8. The number of aromatic nitrogens is 1. The van der Waals surface area contributed by atoms with Gasteiger partial charge in [0.1, 0.15) is 0 Å². The molecule has 0 aliphatic carbocycles. The van der Waals surface area contributed by atoms with Crippen LogP contribution in [0.2, 0.25) is 0 Å². The van der Waals surface area contributed by atoms with Crippen LogP contribution in [0.25, 0.3) is 10.9 Å². The van der Waals surface area contributed by atoms with Gasteiger partial charge in [-0.3, -0.25) is 4.79 Å². The summed E-state index contributed by atoms with van der Waals surface area (Å²) >= 11 is 0. The predicted octanol–water partition coefficient (Wildman–Crippen LogP) is 2.44. The Morgan fingerprint density at radius 2 is 2.33 bits per heavy atom. The second kappa shape index (κ2) is 3.87. The average molecular weight is 203 g/mol. The van der Waals surface area contributed by atoms with Crippen LogP contribution < -0.4 is 0 Å². The summed E-state index contributed by atoms with van der Waals surface area (Å²) in [6, 6.07) is 3.91. The van der Waals surface area contributed by atoms with Gasteiger partial charge < -0.3 is 9.72 Å². The fourth-order valence-corrected chi connectivity index (χ4v) is 1.92. The Balaban J connectivity index is 2.74. The second-order valence-electron chi connectivity index (χ2n) is 3.58. The van der Waals surface area contributed by atoms with E-state index in [2.05, 4.69) is 4.98 Å². The first-order valence-electron chi connectivity index (χ1n) is 4.81. The van der Waals surface area contributed by atoms with Crippen LogP contribution in [0.1, 0.15) is 21.5 Å². The molecule has 3 nitrogen and oxygen atoms in total. The molecule has 0 saturated carbocycles. The first kappa shape index (κ1) is 9.93. The maximum absolute atomic E-state index is 11.1. The standard InChI is InChI=1S/C12H13NO2/c1-8-5-9(7-15-2)11(6-14)10-3-4-13-12(8)10/h3-6,13H,7H2,1-2H3. The second-order valence-corrected chi connectivity index (χ2v) is 3.58. The number of carbonyl (C=O) groups excluding carboxylic acids is 1. The van der Waals surface area contributed by atoms with E-state index in [-0.39, 0.29) is 0 Å². The number of ether oxygens (including phenoxy) is 1. The first-order valence-corrected chi connectivity index (χ1v) is 4.81. The predicted molar refractivity (Wildman–Crippen MR) is 59.1 cm³/mol. The van der Waals surface area contributed by atoms with Crippen LogP contribution in [0.4, 0.5) is 0 Å². The van der Waals surface area contributed by atoms with Gasteiger partial charge in [-0.15, -0.1) is 0 Å². The van der Waals surface area contributed by atoms with Gasteiger partial charge in [0.25, 0.3) is 0 Å². The van der Waals surface area contributed by atoms with Gasteiger partial charge >= 0.3 is 0 Å². The minimum atomic E-state index is 0.468. The summed E-state index contributed by atoms with van der Waals surface area (Å²) < 4.78 is 5.08. The molecule has 2 rings (SSSR count). The fourth-order valence-electron chi connectivity index (χ4n) is 1.92. The molecule has 1 aromatic carbocycles. The number of hydrogen-bond donors (Lipinski definition) is 1. The SMILES string of the molecule is COCc1cc(C)c2[nH]ccc2c1C=O. The molecule has 0 saturated heterocycles. The topological polar surface area (TPSA) is 42.1 Å². The molecule has 1 aromatic heterocycles. The van der Waals surface area contributed by atoms with Crippen LogP contribution in [0.3, 0.4) is 0 Å². The lowest BCUT2D eigenvalue weighted by Gasteiger charge is -2.07. The van der Waals surface area contributed by atoms with Crippen LogP contribution in [-0.2, 0) is 11.3 Å². The van der Waals surface area contributed by atoms with Gasteiger partial charge in [-0.1, -0.05) is 6.07 Å². The molecule has 0 unspecified atom stereocenters. The highest BCUT2D eigenvalue weighted by Gasteiger charge is 2.09. The molecule has 0 bridgehead atoms. The van der Waals surface area contributed by atoms with Crippen molar-refractivity contribution < 1.29 is 9.53 Å². The number of nitrogens with one attached hydrogen (secondary N) is 1. The molecule has 78 valence electrons. The van der Waals surface area contributed by atoms with Crippen molar-refractivity contribution in [1.29, 1.82) is 0 Å². The van der Waals surface area contributed by atoms with Crippen LogP contribution in [-0.4, -0.2) is 18.4 Å². The number of benzene rings is 1. The van der Waals surface area contributed by atoms with E-state index in [9.17, 15) is 4.79 Å². The Morgan fingerprint density at radius 3 is 3.00 bits per heavy atom.